The summed E-state index contributed by atoms with van der Waals surface area (Å²) in [6.07, 6.45) is -73.6. The van der Waals surface area contributed by atoms with Crippen LogP contribution in [0.5, 0.6) is 0 Å². The first-order chi connectivity index (χ1) is 45.8. The number of nitrogens with one attached hydrogen (secondary N) is 3. The van der Waals surface area contributed by atoms with E-state index in [1.54, 1.807) is 0 Å². The molecule has 8 saturated heterocycles. The van der Waals surface area contributed by atoms with E-state index in [0.717, 1.165) is 20.8 Å². The molecule has 43 nitrogen and oxygen atoms in total. The Labute approximate surface area is 549 Å². The minimum Gasteiger partial charge on any atom is -0.394 e. The van der Waals surface area contributed by atoms with Crippen LogP contribution in [0.1, 0.15) is 27.7 Å². The second kappa shape index (κ2) is 34.5. The van der Waals surface area contributed by atoms with Gasteiger partial charge in [-0.1, -0.05) is 0 Å². The van der Waals surface area contributed by atoms with Gasteiger partial charge in [-0.15, -0.1) is 0 Å². The summed E-state index contributed by atoms with van der Waals surface area (Å²) in [5.74, 6) is -2.67. The normalized spacial score (nSPS) is 49.9. The van der Waals surface area contributed by atoms with Gasteiger partial charge in [-0.25, -0.2) is 0 Å². The zero-order chi connectivity index (χ0) is 71.5. The van der Waals surface area contributed by atoms with Crippen LogP contribution in [0.2, 0.25) is 0 Å². The minimum atomic E-state index is -2.47. The molecule has 8 aliphatic heterocycles. The molecule has 0 aromatic carbocycles. The van der Waals surface area contributed by atoms with Crippen molar-refractivity contribution < 1.29 is 198 Å². The standard InChI is InChI=1S/C54H91N3O40/c1-12-26(67)33(74)38(79)51(84-12)95-44-25(57-15(4)66)47(82)85-21(10-63)43(44)94-48-23(55-13(2)64)31(72)42(20(9-62)89-48)93-53-40(81)45(30(71)22(91-53)11-83-50-37(78)34(75)27(68)16(5-58)86-50)96-54-46(36(77)29(70)18(7-60)88-54)97-49-24(56-14(3)65)32(73)41(19(8-61)90-49)92-52-39(80)35(76)28(69)17(6-59)87-52/h12,16-54,58-63,67-82H,5-11H2,1-4H3,(H,55,64)(H,56,65)(H,57,66)/t12-,16-,17-,18-,19-,20-,21-,22-,23-,24-,25-,26+,27-,28+,29-,30-,31-,32-,33+,34+,35+,36+,37+,38-,39-,40+,41-,42-,43-,44-,45+,46+,47-,48+,49+,50+,51-,52+,53+,54-/m1/s1. The highest BCUT2D eigenvalue weighted by Gasteiger charge is 2.60. The van der Waals surface area contributed by atoms with E-state index in [1.807, 2.05) is 0 Å². The predicted octanol–water partition coefficient (Wildman–Crippen LogP) is -17.0. The van der Waals surface area contributed by atoms with Crippen LogP contribution in [0.25, 0.3) is 0 Å². The van der Waals surface area contributed by atoms with E-state index in [0.29, 0.717) is 0 Å². The highest BCUT2D eigenvalue weighted by atomic mass is 16.8. The summed E-state index contributed by atoms with van der Waals surface area (Å²) in [5.41, 5.74) is 0. The Balaban J connectivity index is 1.11. The molecule has 43 heteroatoms. The van der Waals surface area contributed by atoms with Gasteiger partial charge in [-0.3, -0.25) is 14.4 Å². The summed E-state index contributed by atoms with van der Waals surface area (Å²) >= 11 is 0. The third-order valence-corrected chi connectivity index (χ3v) is 17.8. The monoisotopic (exact) mass is 1420 g/mol. The van der Waals surface area contributed by atoms with E-state index in [-0.39, 0.29) is 0 Å². The van der Waals surface area contributed by atoms with Gasteiger partial charge in [0, 0.05) is 20.8 Å². The molecule has 0 bridgehead atoms. The number of aliphatic hydroxyl groups is 22. The highest BCUT2D eigenvalue weighted by Crippen LogP contribution is 2.39. The lowest BCUT2D eigenvalue weighted by atomic mass is 9.93. The number of hydrogen-bond donors (Lipinski definition) is 25. The van der Waals surface area contributed by atoms with Crippen molar-refractivity contribution in [1.29, 1.82) is 0 Å². The minimum absolute atomic E-state index is 0.818. The molecular weight excluding hydrogens is 1330 g/mol. The zero-order valence-corrected chi connectivity index (χ0v) is 52.2. The molecule has 0 unspecified atom stereocenters. The molecule has 0 aliphatic carbocycles. The van der Waals surface area contributed by atoms with Gasteiger partial charge in [0.15, 0.2) is 50.3 Å². The van der Waals surface area contributed by atoms with Crippen LogP contribution < -0.4 is 16.0 Å². The average molecular weight is 1420 g/mol. The lowest BCUT2D eigenvalue weighted by Gasteiger charge is -2.51. The van der Waals surface area contributed by atoms with Crippen molar-refractivity contribution in [2.45, 2.75) is 273 Å². The smallest absolute Gasteiger partial charge is 0.217 e. The second-order valence-corrected chi connectivity index (χ2v) is 24.6. The second-order valence-electron chi connectivity index (χ2n) is 24.6. The molecule has 3 amide bonds. The zero-order valence-electron chi connectivity index (χ0n) is 52.2. The Hall–Kier alpha value is -3.07. The van der Waals surface area contributed by atoms with Crippen LogP contribution in [0.3, 0.4) is 0 Å². The maximum atomic E-state index is 13.1. The molecule has 0 aromatic heterocycles. The summed E-state index contributed by atoms with van der Waals surface area (Å²) < 4.78 is 88.3. The fourth-order valence-electron chi connectivity index (χ4n) is 12.5. The van der Waals surface area contributed by atoms with Gasteiger partial charge in [0.1, 0.15) is 189 Å². The quantitative estimate of drug-likeness (QED) is 0.0427. The van der Waals surface area contributed by atoms with Gasteiger partial charge in [0.2, 0.25) is 17.7 Å². The first kappa shape index (κ1) is 79.6. The molecule has 8 fully saturated rings. The van der Waals surface area contributed by atoms with Crippen molar-refractivity contribution in [2.24, 2.45) is 0 Å². The maximum Gasteiger partial charge on any atom is 0.217 e. The molecule has 40 atom stereocenters. The molecule has 25 N–H and O–H groups in total. The van der Waals surface area contributed by atoms with Crippen molar-refractivity contribution in [3.05, 3.63) is 0 Å². The van der Waals surface area contributed by atoms with Crippen LogP contribution in [0, 0.1) is 0 Å². The van der Waals surface area contributed by atoms with E-state index >= 15 is 0 Å². The Kier molecular flexibility index (Phi) is 28.3. The summed E-state index contributed by atoms with van der Waals surface area (Å²) in [5, 5.41) is 248. The Morgan fingerprint density at radius 1 is 0.289 bits per heavy atom. The SMILES string of the molecule is CC(=O)N[C@@H]1[C@@H](O[C@H]2O[C@H](C)[C@H](O)[C@H](O)[C@H]2O)[C@H](O[C@@H]2O[C@H](CO)[C@@H](O[C@@H]3O[C@H](CO[C@H]4O[C@H](CO)[C@@H](O)[C@H](O)[C@@H]4O)[C@@H](O)[C@H](O[C@H]4O[C@H](CO)[C@@H](O)[C@H](O)[C@@H]4O[C@@H]4O[C@H](CO)[C@@H](O[C@@H]5O[C@H](CO)[C@H](O)[C@H](O)[C@H]5O)[C@H](O)[C@H]4NC(C)=O)[C@@H]3O)[C@H](O)[C@H]2NC(C)=O)[C@@H](CO)O[C@H]1O. The molecular formula is C54H91N3O40. The Morgan fingerprint density at radius 3 is 1.10 bits per heavy atom. The molecule has 8 aliphatic rings. The molecule has 562 valence electrons. The summed E-state index contributed by atoms with van der Waals surface area (Å²) in [6, 6.07) is -5.51. The summed E-state index contributed by atoms with van der Waals surface area (Å²) in [7, 11) is 0. The highest BCUT2D eigenvalue weighted by molar-refractivity contribution is 5.74. The third-order valence-electron chi connectivity index (χ3n) is 17.8. The van der Waals surface area contributed by atoms with Crippen molar-refractivity contribution in [2.75, 3.05) is 46.2 Å². The number of carbonyl (C=O) groups excluding carboxylic acids is 3. The van der Waals surface area contributed by atoms with E-state index in [2.05, 4.69) is 16.0 Å². The Morgan fingerprint density at radius 2 is 0.629 bits per heavy atom. The number of carbonyl (C=O) groups is 3. The van der Waals surface area contributed by atoms with Gasteiger partial charge in [0.25, 0.3) is 0 Å². The fraction of sp³-hybridized carbons (Fsp3) is 0.944. The van der Waals surface area contributed by atoms with E-state index in [9.17, 15) is 127 Å². The lowest BCUT2D eigenvalue weighted by molar-refractivity contribution is -0.398. The van der Waals surface area contributed by atoms with Crippen LogP contribution in [-0.4, -0.2) is 422 Å². The van der Waals surface area contributed by atoms with Gasteiger partial charge < -0.3 is 199 Å². The lowest BCUT2D eigenvalue weighted by Crippen LogP contribution is -2.71. The Bertz CT molecular complexity index is 2490. The third kappa shape index (κ3) is 17.4. The van der Waals surface area contributed by atoms with Gasteiger partial charge in [0.05, 0.1) is 52.4 Å². The summed E-state index contributed by atoms with van der Waals surface area (Å²) in [6.45, 7) is -3.08. The summed E-state index contributed by atoms with van der Waals surface area (Å²) in [4.78, 5) is 38.4. The molecule has 0 radical (unpaired) electrons. The van der Waals surface area contributed by atoms with E-state index in [1.165, 1.54) is 6.92 Å². The van der Waals surface area contributed by atoms with Gasteiger partial charge in [-0.05, 0) is 6.92 Å². The predicted molar refractivity (Wildman–Crippen MR) is 298 cm³/mol. The number of aliphatic hydroxyl groups excluding tert-OH is 22. The molecule has 97 heavy (non-hydrogen) atoms. The van der Waals surface area contributed by atoms with Crippen molar-refractivity contribution in [3.8, 4) is 0 Å². The van der Waals surface area contributed by atoms with Gasteiger partial charge >= 0.3 is 0 Å². The van der Waals surface area contributed by atoms with Crippen molar-refractivity contribution >= 4 is 17.7 Å². The molecule has 0 aromatic rings. The maximum absolute atomic E-state index is 13.1. The molecule has 8 rings (SSSR count). The molecule has 0 spiro atoms. The fourth-order valence-corrected chi connectivity index (χ4v) is 12.5. The topological polar surface area (TPSA) is 671 Å². The van der Waals surface area contributed by atoms with Crippen molar-refractivity contribution in [3.63, 3.8) is 0 Å². The van der Waals surface area contributed by atoms with Crippen molar-refractivity contribution in [1.82, 2.24) is 16.0 Å². The number of ether oxygens (including phenoxy) is 15. The first-order valence-corrected chi connectivity index (χ1v) is 31.0. The van der Waals surface area contributed by atoms with Crippen LogP contribution in [-0.2, 0) is 85.4 Å². The first-order valence-electron chi connectivity index (χ1n) is 31.0. The van der Waals surface area contributed by atoms with Gasteiger partial charge in [-0.2, -0.15) is 0 Å². The number of rotatable bonds is 24. The van der Waals surface area contributed by atoms with E-state index < -0.39 is 309 Å². The largest absolute Gasteiger partial charge is 0.394 e. The van der Waals surface area contributed by atoms with Crippen LogP contribution in [0.15, 0.2) is 0 Å². The number of hydrogen-bond acceptors (Lipinski definition) is 40. The van der Waals surface area contributed by atoms with Crippen LogP contribution >= 0.6 is 0 Å². The van der Waals surface area contributed by atoms with Crippen LogP contribution in [0.4, 0.5) is 0 Å². The van der Waals surface area contributed by atoms with E-state index in [4.69, 9.17) is 71.1 Å². The average Bonchev–Trinajstić information content (AvgIpc) is 0.790. The molecule has 8 heterocycles. The number of amides is 3. The molecule has 0 saturated carbocycles.